The monoisotopic (exact) mass is 724 g/mol. The molecule has 2 aromatic heterocycles. The standard InChI is InChI=1S/C36H40ClF3N8O3/c1-21(38)35(5,6)17-28(49)51-18-27(23-10-13-26(37)25(16-23)30-44-20-45-48(30)32(39)40)47-31(50)36(46-33(47)41,19-34(2,3)4)24-11-8-22(9-12-24)29-42-14-7-15-43-29/h7-16,20-21,27,32H,17-19H2,1-6H3,(H2,41,46)/t21?,27-,36-/m1/s1. The number of aliphatic imine (C=N–C) groups is 1. The Labute approximate surface area is 299 Å². The van der Waals surface area contributed by atoms with Gasteiger partial charge in [0.2, 0.25) is 0 Å². The van der Waals surface area contributed by atoms with Gasteiger partial charge in [-0.05, 0) is 48.1 Å². The molecule has 0 bridgehead atoms. The number of nitrogens with zero attached hydrogens (tertiary/aromatic N) is 7. The van der Waals surface area contributed by atoms with Crippen LogP contribution < -0.4 is 5.73 Å². The van der Waals surface area contributed by atoms with Gasteiger partial charge in [0, 0.05) is 28.9 Å². The van der Waals surface area contributed by atoms with Gasteiger partial charge in [-0.25, -0.2) is 24.3 Å². The summed E-state index contributed by atoms with van der Waals surface area (Å²) in [6.45, 7) is 7.05. The van der Waals surface area contributed by atoms with Crippen LogP contribution in [-0.4, -0.2) is 60.2 Å². The third-order valence-electron chi connectivity index (χ3n) is 8.86. The Hall–Kier alpha value is -4.85. The zero-order valence-electron chi connectivity index (χ0n) is 29.1. The van der Waals surface area contributed by atoms with E-state index in [1.165, 1.54) is 24.0 Å². The van der Waals surface area contributed by atoms with Gasteiger partial charge in [-0.3, -0.25) is 14.5 Å². The van der Waals surface area contributed by atoms with E-state index in [0.29, 0.717) is 21.6 Å². The summed E-state index contributed by atoms with van der Waals surface area (Å²) in [5, 5.41) is 3.70. The van der Waals surface area contributed by atoms with Gasteiger partial charge in [-0.15, -0.1) is 0 Å². The van der Waals surface area contributed by atoms with Gasteiger partial charge in [-0.2, -0.15) is 18.6 Å². The van der Waals surface area contributed by atoms with E-state index in [1.807, 2.05) is 20.8 Å². The van der Waals surface area contributed by atoms with Crippen LogP contribution in [0.1, 0.15) is 78.1 Å². The molecule has 1 aliphatic rings. The number of halogens is 4. The van der Waals surface area contributed by atoms with Crippen molar-refractivity contribution in [2.75, 3.05) is 6.61 Å². The highest BCUT2D eigenvalue weighted by Gasteiger charge is 2.53. The third-order valence-corrected chi connectivity index (χ3v) is 9.19. The van der Waals surface area contributed by atoms with E-state index in [0.717, 1.165) is 11.9 Å². The van der Waals surface area contributed by atoms with Crippen molar-refractivity contribution in [2.24, 2.45) is 21.6 Å². The lowest BCUT2D eigenvalue weighted by Gasteiger charge is -2.35. The van der Waals surface area contributed by atoms with Crippen LogP contribution in [0.3, 0.4) is 0 Å². The predicted molar refractivity (Wildman–Crippen MR) is 186 cm³/mol. The summed E-state index contributed by atoms with van der Waals surface area (Å²) < 4.78 is 48.1. The predicted octanol–water partition coefficient (Wildman–Crippen LogP) is 7.30. The smallest absolute Gasteiger partial charge is 0.335 e. The van der Waals surface area contributed by atoms with Crippen molar-refractivity contribution >= 4 is 29.4 Å². The molecule has 2 aromatic carbocycles. The van der Waals surface area contributed by atoms with Crippen LogP contribution >= 0.6 is 11.6 Å². The molecule has 3 atom stereocenters. The molecule has 270 valence electrons. The fourth-order valence-corrected chi connectivity index (χ4v) is 6.18. The molecule has 0 aliphatic carbocycles. The molecule has 3 heterocycles. The lowest BCUT2D eigenvalue weighted by molar-refractivity contribution is -0.150. The molecule has 15 heteroatoms. The first-order chi connectivity index (χ1) is 23.9. The summed E-state index contributed by atoms with van der Waals surface area (Å²) in [6.07, 6.45) is 2.92. The number of alkyl halides is 3. The highest BCUT2D eigenvalue weighted by Crippen LogP contribution is 2.45. The highest BCUT2D eigenvalue weighted by atomic mass is 35.5. The van der Waals surface area contributed by atoms with Crippen molar-refractivity contribution < 1.29 is 27.5 Å². The lowest BCUT2D eigenvalue weighted by Crippen LogP contribution is -2.47. The minimum absolute atomic E-state index is 0.0852. The third kappa shape index (κ3) is 7.90. The number of carbonyl (C=O) groups excluding carboxylic acids is 2. The molecule has 0 fully saturated rings. The maximum Gasteiger partial charge on any atom is 0.335 e. The lowest BCUT2D eigenvalue weighted by atomic mass is 9.75. The normalized spacial score (nSPS) is 17.8. The van der Waals surface area contributed by atoms with Crippen LogP contribution in [0.2, 0.25) is 5.02 Å². The molecule has 0 saturated carbocycles. The molecular formula is C36H40ClF3N8O3. The van der Waals surface area contributed by atoms with Gasteiger partial charge in [0.15, 0.2) is 23.1 Å². The molecule has 0 spiro atoms. The number of esters is 1. The Morgan fingerprint density at radius 3 is 2.29 bits per heavy atom. The van der Waals surface area contributed by atoms with Gasteiger partial charge in [0.05, 0.1) is 17.5 Å². The fraction of sp³-hybridized carbons (Fsp3) is 0.417. The maximum atomic E-state index is 14.9. The number of aromatic nitrogens is 5. The van der Waals surface area contributed by atoms with E-state index in [2.05, 4.69) is 20.1 Å². The summed E-state index contributed by atoms with van der Waals surface area (Å²) in [5.74, 6) is -1.06. The molecular weight excluding hydrogens is 685 g/mol. The summed E-state index contributed by atoms with van der Waals surface area (Å²) >= 11 is 6.49. The van der Waals surface area contributed by atoms with Crippen LogP contribution in [0.4, 0.5) is 13.2 Å². The summed E-state index contributed by atoms with van der Waals surface area (Å²) in [4.78, 5) is 46.7. The Kier molecular flexibility index (Phi) is 10.6. The maximum absolute atomic E-state index is 14.9. The van der Waals surface area contributed by atoms with Crippen LogP contribution in [0, 0.1) is 10.8 Å². The van der Waals surface area contributed by atoms with E-state index < -0.39 is 53.6 Å². The summed E-state index contributed by atoms with van der Waals surface area (Å²) in [7, 11) is 0. The zero-order valence-corrected chi connectivity index (χ0v) is 29.9. The molecule has 51 heavy (non-hydrogen) atoms. The van der Waals surface area contributed by atoms with Crippen LogP contribution in [-0.2, 0) is 19.9 Å². The molecule has 2 N–H and O–H groups in total. The average molecular weight is 725 g/mol. The Bertz CT molecular complexity index is 1910. The van der Waals surface area contributed by atoms with Gasteiger partial charge < -0.3 is 10.5 Å². The van der Waals surface area contributed by atoms with E-state index in [-0.39, 0.29) is 35.2 Å². The first-order valence-corrected chi connectivity index (χ1v) is 16.7. The number of amides is 1. The number of hydrogen-bond acceptors (Lipinski definition) is 9. The van der Waals surface area contributed by atoms with E-state index in [4.69, 9.17) is 27.1 Å². The number of rotatable bonds is 12. The molecule has 0 radical (unpaired) electrons. The van der Waals surface area contributed by atoms with E-state index >= 15 is 0 Å². The highest BCUT2D eigenvalue weighted by molar-refractivity contribution is 6.33. The second-order valence-electron chi connectivity index (χ2n) is 14.4. The molecule has 4 aromatic rings. The summed E-state index contributed by atoms with van der Waals surface area (Å²) in [5.41, 5.74) is 5.40. The Morgan fingerprint density at radius 2 is 1.69 bits per heavy atom. The van der Waals surface area contributed by atoms with Crippen molar-refractivity contribution in [2.45, 2.75) is 78.7 Å². The largest absolute Gasteiger partial charge is 0.463 e. The van der Waals surface area contributed by atoms with Gasteiger partial charge >= 0.3 is 12.5 Å². The Balaban J connectivity index is 1.59. The number of guanidine groups is 1. The number of carbonyl (C=O) groups is 2. The van der Waals surface area contributed by atoms with Crippen molar-refractivity contribution in [1.29, 1.82) is 0 Å². The molecule has 0 saturated heterocycles. The topological polar surface area (TPSA) is 141 Å². The molecule has 5 rings (SSSR count). The van der Waals surface area contributed by atoms with Gasteiger partial charge in [-0.1, -0.05) is 76.6 Å². The van der Waals surface area contributed by atoms with E-state index in [9.17, 15) is 22.8 Å². The second-order valence-corrected chi connectivity index (χ2v) is 14.8. The van der Waals surface area contributed by atoms with Gasteiger partial charge in [0.1, 0.15) is 19.1 Å². The number of benzene rings is 2. The van der Waals surface area contributed by atoms with Crippen LogP contribution in [0.5, 0.6) is 0 Å². The van der Waals surface area contributed by atoms with Crippen molar-refractivity contribution in [1.82, 2.24) is 29.6 Å². The van der Waals surface area contributed by atoms with Crippen LogP contribution in [0.25, 0.3) is 22.8 Å². The minimum atomic E-state index is -3.01. The first-order valence-electron chi connectivity index (χ1n) is 16.3. The quantitative estimate of drug-likeness (QED) is 0.150. The first kappa shape index (κ1) is 37.4. The number of nitrogens with two attached hydrogens (primary N) is 1. The van der Waals surface area contributed by atoms with Crippen LogP contribution in [0.15, 0.2) is 72.2 Å². The Morgan fingerprint density at radius 1 is 1.02 bits per heavy atom. The van der Waals surface area contributed by atoms with Crippen molar-refractivity contribution in [3.8, 4) is 22.8 Å². The molecule has 1 unspecified atom stereocenters. The SMILES string of the molecule is CC(F)C(C)(C)CC(=O)OC[C@H](c1ccc(Cl)c(-c2ncnn2C(F)F)c1)N1C(=O)[C@@](CC(C)(C)C)(c2ccc(-c3ncccn3)cc2)N=C1N. The minimum Gasteiger partial charge on any atom is -0.463 e. The molecule has 1 amide bonds. The molecule has 1 aliphatic heterocycles. The molecule has 11 nitrogen and oxygen atoms in total. The second kappa shape index (κ2) is 14.4. The number of ether oxygens (including phenoxy) is 1. The van der Waals surface area contributed by atoms with Gasteiger partial charge in [0.25, 0.3) is 5.91 Å². The summed E-state index contributed by atoms with van der Waals surface area (Å²) in [6, 6.07) is 12.3. The fourth-order valence-electron chi connectivity index (χ4n) is 5.98. The average Bonchev–Trinajstić information content (AvgIpc) is 3.65. The van der Waals surface area contributed by atoms with E-state index in [1.54, 1.807) is 62.6 Å². The van der Waals surface area contributed by atoms with Crippen molar-refractivity contribution in [3.63, 3.8) is 0 Å². The van der Waals surface area contributed by atoms with Crippen molar-refractivity contribution in [3.05, 3.63) is 83.4 Å². The number of hydrogen-bond donors (Lipinski definition) is 1. The zero-order chi connectivity index (χ0) is 37.3.